The predicted octanol–water partition coefficient (Wildman–Crippen LogP) is 3.80. The van der Waals surface area contributed by atoms with Crippen molar-refractivity contribution >= 4 is 0 Å². The Kier molecular flexibility index (Phi) is 3.03. The summed E-state index contributed by atoms with van der Waals surface area (Å²) in [5.41, 5.74) is 0.993. The molecular weight excluding hydrogens is 248 g/mol. The normalized spacial score (nSPS) is 39.8. The van der Waals surface area contributed by atoms with Crippen LogP contribution in [0.3, 0.4) is 0 Å². The number of ether oxygens (including phenoxy) is 1. The number of aliphatic hydroxyl groups is 1. The summed E-state index contributed by atoms with van der Waals surface area (Å²) in [5, 5.41) is 11.0. The van der Waals surface area contributed by atoms with Crippen LogP contribution < -0.4 is 4.74 Å². The third-order valence-corrected chi connectivity index (χ3v) is 6.12. The molecule has 0 spiro atoms. The van der Waals surface area contributed by atoms with Crippen LogP contribution in [0, 0.1) is 29.6 Å². The molecular formula is C18H24O2. The monoisotopic (exact) mass is 272 g/mol. The van der Waals surface area contributed by atoms with Crippen LogP contribution in [-0.4, -0.2) is 12.2 Å². The van der Waals surface area contributed by atoms with E-state index in [1.165, 1.54) is 32.1 Å². The fraction of sp³-hybridized carbons (Fsp3) is 0.667. The number of hydrogen-bond donors (Lipinski definition) is 1. The van der Waals surface area contributed by atoms with Crippen LogP contribution in [0.4, 0.5) is 0 Å². The molecule has 4 fully saturated rings. The molecule has 1 aromatic carbocycles. The lowest BCUT2D eigenvalue weighted by Gasteiger charge is -2.55. The van der Waals surface area contributed by atoms with Crippen molar-refractivity contribution in [2.75, 3.05) is 7.11 Å². The summed E-state index contributed by atoms with van der Waals surface area (Å²) in [6, 6.07) is 7.99. The number of methoxy groups -OCH3 is 1. The Morgan fingerprint density at radius 3 is 2.20 bits per heavy atom. The molecule has 4 aliphatic rings. The summed E-state index contributed by atoms with van der Waals surface area (Å²) in [5.74, 6) is 4.70. The SMILES string of the molecule is COc1ccccc1C(O)C1C2CC3CC(C2)CC1C3. The van der Waals surface area contributed by atoms with Crippen molar-refractivity contribution in [2.24, 2.45) is 29.6 Å². The van der Waals surface area contributed by atoms with Crippen molar-refractivity contribution in [1.29, 1.82) is 0 Å². The van der Waals surface area contributed by atoms with Crippen LogP contribution in [0.5, 0.6) is 5.75 Å². The van der Waals surface area contributed by atoms with Gasteiger partial charge in [0.05, 0.1) is 13.2 Å². The van der Waals surface area contributed by atoms with Gasteiger partial charge in [-0.1, -0.05) is 18.2 Å². The molecule has 20 heavy (non-hydrogen) atoms. The largest absolute Gasteiger partial charge is 0.496 e. The maximum Gasteiger partial charge on any atom is 0.124 e. The summed E-state index contributed by atoms with van der Waals surface area (Å²) < 4.78 is 5.45. The van der Waals surface area contributed by atoms with Gasteiger partial charge in [-0.05, 0) is 67.8 Å². The van der Waals surface area contributed by atoms with Crippen molar-refractivity contribution in [3.63, 3.8) is 0 Å². The predicted molar refractivity (Wildman–Crippen MR) is 78.5 cm³/mol. The van der Waals surface area contributed by atoms with Crippen LogP contribution in [0.2, 0.25) is 0 Å². The van der Waals surface area contributed by atoms with Crippen LogP contribution >= 0.6 is 0 Å². The molecule has 0 aromatic heterocycles. The van der Waals surface area contributed by atoms with Crippen molar-refractivity contribution < 1.29 is 9.84 Å². The Balaban J connectivity index is 1.64. The van der Waals surface area contributed by atoms with E-state index in [0.29, 0.717) is 5.92 Å². The minimum Gasteiger partial charge on any atom is -0.496 e. The Morgan fingerprint density at radius 1 is 1.00 bits per heavy atom. The molecule has 5 rings (SSSR count). The summed E-state index contributed by atoms with van der Waals surface area (Å²) >= 11 is 0. The molecule has 4 saturated carbocycles. The Labute approximate surface area is 121 Å². The molecule has 0 heterocycles. The molecule has 1 N–H and O–H groups in total. The molecule has 0 amide bonds. The first kappa shape index (κ1) is 12.7. The van der Waals surface area contributed by atoms with E-state index < -0.39 is 0 Å². The lowest BCUT2D eigenvalue weighted by Crippen LogP contribution is -2.47. The molecule has 4 aliphatic carbocycles. The minimum atomic E-state index is -0.346. The van der Waals surface area contributed by atoms with Gasteiger partial charge in [0.15, 0.2) is 0 Å². The molecule has 2 nitrogen and oxygen atoms in total. The molecule has 0 radical (unpaired) electrons. The fourth-order valence-corrected chi connectivity index (χ4v) is 5.60. The molecule has 1 aromatic rings. The van der Waals surface area contributed by atoms with Gasteiger partial charge >= 0.3 is 0 Å². The van der Waals surface area contributed by atoms with Gasteiger partial charge in [0.1, 0.15) is 5.75 Å². The highest BCUT2D eigenvalue weighted by Crippen LogP contribution is 2.59. The van der Waals surface area contributed by atoms with Gasteiger partial charge in [0, 0.05) is 5.56 Å². The smallest absolute Gasteiger partial charge is 0.124 e. The molecule has 2 heteroatoms. The van der Waals surface area contributed by atoms with Crippen LogP contribution in [-0.2, 0) is 0 Å². The van der Waals surface area contributed by atoms with E-state index in [1.807, 2.05) is 24.3 Å². The first-order chi connectivity index (χ1) is 9.76. The first-order valence-corrected chi connectivity index (χ1v) is 8.07. The second-order valence-electron chi connectivity index (χ2n) is 7.19. The standard InChI is InChI=1S/C18H24O2/c1-20-16-5-3-2-4-15(16)18(19)17-13-7-11-6-12(9-13)10-14(17)8-11/h2-5,11-14,17-19H,6-10H2,1H3. The highest BCUT2D eigenvalue weighted by Gasteiger charge is 2.50. The van der Waals surface area contributed by atoms with Crippen molar-refractivity contribution in [2.45, 2.75) is 38.2 Å². The highest BCUT2D eigenvalue weighted by atomic mass is 16.5. The van der Waals surface area contributed by atoms with Crippen LogP contribution in [0.1, 0.15) is 43.8 Å². The zero-order chi connectivity index (χ0) is 13.7. The molecule has 0 aliphatic heterocycles. The van der Waals surface area contributed by atoms with Gasteiger partial charge in [0.25, 0.3) is 0 Å². The molecule has 1 atom stereocenters. The molecule has 1 unspecified atom stereocenters. The van der Waals surface area contributed by atoms with Gasteiger partial charge in [-0.3, -0.25) is 0 Å². The van der Waals surface area contributed by atoms with Gasteiger partial charge in [-0.15, -0.1) is 0 Å². The molecule has 4 bridgehead atoms. The van der Waals surface area contributed by atoms with Crippen LogP contribution in [0.25, 0.3) is 0 Å². The number of para-hydroxylation sites is 1. The van der Waals surface area contributed by atoms with E-state index in [-0.39, 0.29) is 6.10 Å². The third-order valence-electron chi connectivity index (χ3n) is 6.12. The highest BCUT2D eigenvalue weighted by molar-refractivity contribution is 5.35. The van der Waals surface area contributed by atoms with Gasteiger partial charge in [-0.25, -0.2) is 0 Å². The third kappa shape index (κ3) is 1.88. The van der Waals surface area contributed by atoms with Crippen molar-refractivity contribution in [1.82, 2.24) is 0 Å². The molecule has 108 valence electrons. The quantitative estimate of drug-likeness (QED) is 0.907. The van der Waals surface area contributed by atoms with Gasteiger partial charge in [-0.2, -0.15) is 0 Å². The topological polar surface area (TPSA) is 29.5 Å². The van der Waals surface area contributed by atoms with E-state index in [0.717, 1.165) is 35.0 Å². The maximum absolute atomic E-state index is 11.0. The zero-order valence-electron chi connectivity index (χ0n) is 12.2. The van der Waals surface area contributed by atoms with Gasteiger partial charge < -0.3 is 9.84 Å². The Morgan fingerprint density at radius 2 is 1.60 bits per heavy atom. The number of hydrogen-bond acceptors (Lipinski definition) is 2. The van der Waals surface area contributed by atoms with E-state index in [9.17, 15) is 5.11 Å². The summed E-state index contributed by atoms with van der Waals surface area (Å²) in [7, 11) is 1.70. The lowest BCUT2D eigenvalue weighted by molar-refractivity contribution is -0.0912. The second-order valence-corrected chi connectivity index (χ2v) is 7.19. The maximum atomic E-state index is 11.0. The fourth-order valence-electron chi connectivity index (χ4n) is 5.60. The van der Waals surface area contributed by atoms with E-state index in [1.54, 1.807) is 7.11 Å². The summed E-state index contributed by atoms with van der Waals surface area (Å²) in [6.45, 7) is 0. The lowest BCUT2D eigenvalue weighted by atomic mass is 9.50. The number of rotatable bonds is 3. The number of aliphatic hydroxyl groups excluding tert-OH is 1. The van der Waals surface area contributed by atoms with E-state index >= 15 is 0 Å². The first-order valence-electron chi connectivity index (χ1n) is 8.07. The van der Waals surface area contributed by atoms with Crippen molar-refractivity contribution in [3.8, 4) is 5.75 Å². The zero-order valence-corrected chi connectivity index (χ0v) is 12.2. The Hall–Kier alpha value is -1.02. The van der Waals surface area contributed by atoms with E-state index in [4.69, 9.17) is 4.74 Å². The van der Waals surface area contributed by atoms with E-state index in [2.05, 4.69) is 0 Å². The van der Waals surface area contributed by atoms with Crippen molar-refractivity contribution in [3.05, 3.63) is 29.8 Å². The summed E-state index contributed by atoms with van der Waals surface area (Å²) in [4.78, 5) is 0. The average molecular weight is 272 g/mol. The Bertz CT molecular complexity index is 468. The van der Waals surface area contributed by atoms with Gasteiger partial charge in [0.2, 0.25) is 0 Å². The van der Waals surface area contributed by atoms with Crippen LogP contribution in [0.15, 0.2) is 24.3 Å². The second kappa shape index (κ2) is 4.77. The average Bonchev–Trinajstić information content (AvgIpc) is 2.46. The summed E-state index contributed by atoms with van der Waals surface area (Å²) in [6.07, 6.45) is 6.52. The number of benzene rings is 1. The molecule has 0 saturated heterocycles. The minimum absolute atomic E-state index is 0.346.